The van der Waals surface area contributed by atoms with E-state index in [4.69, 9.17) is 18.3 Å². The van der Waals surface area contributed by atoms with Crippen LogP contribution in [0.3, 0.4) is 0 Å². The van der Waals surface area contributed by atoms with Gasteiger partial charge in [-0.05, 0) is 54.1 Å². The molecule has 0 aliphatic carbocycles. The van der Waals surface area contributed by atoms with Crippen molar-refractivity contribution in [1.82, 2.24) is 4.98 Å². The standard InChI is InChI=1S/C21H17NO4/c1-23-15-7-8-16(21(13-15)24-2)14-11-17(19-5-3-9-25-19)22-18(12-14)20-6-4-10-26-20/h3-13H,1-2H3. The third kappa shape index (κ3) is 2.95. The molecule has 0 atom stereocenters. The van der Waals surface area contributed by atoms with E-state index in [0.29, 0.717) is 17.3 Å². The minimum Gasteiger partial charge on any atom is -0.497 e. The minimum atomic E-state index is 0.687. The van der Waals surface area contributed by atoms with Gasteiger partial charge in [-0.1, -0.05) is 0 Å². The molecular formula is C21H17NO4. The van der Waals surface area contributed by atoms with Crippen LogP contribution in [0.2, 0.25) is 0 Å². The largest absolute Gasteiger partial charge is 0.497 e. The van der Waals surface area contributed by atoms with Gasteiger partial charge in [-0.15, -0.1) is 0 Å². The molecule has 4 rings (SSSR count). The molecule has 0 spiro atoms. The van der Waals surface area contributed by atoms with Crippen LogP contribution in [0.5, 0.6) is 11.5 Å². The average Bonchev–Trinajstić information content (AvgIpc) is 3.41. The smallest absolute Gasteiger partial charge is 0.152 e. The van der Waals surface area contributed by atoms with Crippen molar-refractivity contribution in [2.24, 2.45) is 0 Å². The lowest BCUT2D eigenvalue weighted by molar-refractivity contribution is 0.395. The van der Waals surface area contributed by atoms with E-state index in [2.05, 4.69) is 4.98 Å². The third-order valence-corrected chi connectivity index (χ3v) is 4.09. The van der Waals surface area contributed by atoms with Gasteiger partial charge in [0.15, 0.2) is 11.5 Å². The van der Waals surface area contributed by atoms with Crippen LogP contribution in [0, 0.1) is 0 Å². The number of aromatic nitrogens is 1. The first-order valence-electron chi connectivity index (χ1n) is 8.11. The predicted octanol–water partition coefficient (Wildman–Crippen LogP) is 5.29. The topological polar surface area (TPSA) is 57.6 Å². The molecule has 0 unspecified atom stereocenters. The molecular weight excluding hydrogens is 330 g/mol. The molecule has 0 fully saturated rings. The molecule has 26 heavy (non-hydrogen) atoms. The Morgan fingerprint density at radius 3 is 1.92 bits per heavy atom. The molecule has 5 nitrogen and oxygen atoms in total. The van der Waals surface area contributed by atoms with Crippen molar-refractivity contribution in [3.05, 3.63) is 67.1 Å². The van der Waals surface area contributed by atoms with Gasteiger partial charge in [-0.25, -0.2) is 4.98 Å². The molecule has 5 heteroatoms. The van der Waals surface area contributed by atoms with Crippen LogP contribution in [0.1, 0.15) is 0 Å². The summed E-state index contributed by atoms with van der Waals surface area (Å²) in [6.07, 6.45) is 3.26. The van der Waals surface area contributed by atoms with Gasteiger partial charge in [-0.3, -0.25) is 0 Å². The van der Waals surface area contributed by atoms with Gasteiger partial charge in [0.1, 0.15) is 22.9 Å². The van der Waals surface area contributed by atoms with Gasteiger partial charge in [0, 0.05) is 11.6 Å². The molecule has 0 aliphatic rings. The van der Waals surface area contributed by atoms with E-state index in [1.54, 1.807) is 26.7 Å². The molecule has 4 aromatic rings. The van der Waals surface area contributed by atoms with Crippen molar-refractivity contribution >= 4 is 0 Å². The highest BCUT2D eigenvalue weighted by atomic mass is 16.5. The third-order valence-electron chi connectivity index (χ3n) is 4.09. The monoisotopic (exact) mass is 347 g/mol. The molecule has 0 aliphatic heterocycles. The van der Waals surface area contributed by atoms with Crippen molar-refractivity contribution in [2.75, 3.05) is 14.2 Å². The average molecular weight is 347 g/mol. The molecule has 0 saturated heterocycles. The normalized spacial score (nSPS) is 10.7. The zero-order chi connectivity index (χ0) is 17.9. The van der Waals surface area contributed by atoms with Crippen LogP contribution in [0.4, 0.5) is 0 Å². The number of ether oxygens (including phenoxy) is 2. The molecule has 0 radical (unpaired) electrons. The van der Waals surface area contributed by atoms with E-state index in [1.165, 1.54) is 0 Å². The summed E-state index contributed by atoms with van der Waals surface area (Å²) in [5.41, 5.74) is 3.31. The van der Waals surface area contributed by atoms with Crippen LogP contribution in [0.15, 0.2) is 76.0 Å². The highest BCUT2D eigenvalue weighted by molar-refractivity contribution is 5.78. The molecule has 0 N–H and O–H groups in total. The Bertz CT molecular complexity index is 952. The van der Waals surface area contributed by atoms with Gasteiger partial charge >= 0.3 is 0 Å². The number of nitrogens with zero attached hydrogens (tertiary/aromatic N) is 1. The summed E-state index contributed by atoms with van der Waals surface area (Å²) in [6, 6.07) is 17.1. The first kappa shape index (κ1) is 16.0. The Morgan fingerprint density at radius 2 is 1.42 bits per heavy atom. The second-order valence-electron chi connectivity index (χ2n) is 5.65. The molecule has 0 bridgehead atoms. The summed E-state index contributed by atoms with van der Waals surface area (Å²) >= 11 is 0. The van der Waals surface area contributed by atoms with E-state index < -0.39 is 0 Å². The summed E-state index contributed by atoms with van der Waals surface area (Å²) in [4.78, 5) is 4.68. The number of furan rings is 2. The zero-order valence-corrected chi connectivity index (χ0v) is 14.4. The number of rotatable bonds is 5. The van der Waals surface area contributed by atoms with Gasteiger partial charge in [0.05, 0.1) is 26.7 Å². The van der Waals surface area contributed by atoms with Gasteiger partial charge in [0.2, 0.25) is 0 Å². The molecule has 3 aromatic heterocycles. The lowest BCUT2D eigenvalue weighted by Crippen LogP contribution is -1.93. The second kappa shape index (κ2) is 6.80. The van der Waals surface area contributed by atoms with Crippen LogP contribution in [-0.2, 0) is 0 Å². The molecule has 0 amide bonds. The SMILES string of the molecule is COc1ccc(-c2cc(-c3ccco3)nc(-c3ccco3)c2)c(OC)c1. The maximum Gasteiger partial charge on any atom is 0.152 e. The van der Waals surface area contributed by atoms with Gasteiger partial charge in [0.25, 0.3) is 0 Å². The van der Waals surface area contributed by atoms with Gasteiger partial charge < -0.3 is 18.3 Å². The van der Waals surface area contributed by atoms with E-state index >= 15 is 0 Å². The summed E-state index contributed by atoms with van der Waals surface area (Å²) in [6.45, 7) is 0. The van der Waals surface area contributed by atoms with E-state index in [9.17, 15) is 0 Å². The van der Waals surface area contributed by atoms with Crippen molar-refractivity contribution in [1.29, 1.82) is 0 Å². The molecule has 1 aromatic carbocycles. The quantitative estimate of drug-likeness (QED) is 0.491. The fraction of sp³-hybridized carbons (Fsp3) is 0.0952. The van der Waals surface area contributed by atoms with E-state index in [1.807, 2.05) is 54.6 Å². The summed E-state index contributed by atoms with van der Waals surface area (Å²) in [7, 11) is 3.27. The fourth-order valence-corrected chi connectivity index (χ4v) is 2.82. The highest BCUT2D eigenvalue weighted by Crippen LogP contribution is 2.37. The summed E-state index contributed by atoms with van der Waals surface area (Å²) in [5.74, 6) is 2.82. The first-order chi connectivity index (χ1) is 12.8. The maximum atomic E-state index is 5.56. The lowest BCUT2D eigenvalue weighted by Gasteiger charge is -2.12. The Kier molecular flexibility index (Phi) is 4.19. The van der Waals surface area contributed by atoms with Crippen LogP contribution >= 0.6 is 0 Å². The van der Waals surface area contributed by atoms with E-state index in [-0.39, 0.29) is 0 Å². The molecule has 130 valence electrons. The lowest BCUT2D eigenvalue weighted by atomic mass is 10.0. The first-order valence-corrected chi connectivity index (χ1v) is 8.11. The predicted molar refractivity (Wildman–Crippen MR) is 98.2 cm³/mol. The molecule has 3 heterocycles. The van der Waals surface area contributed by atoms with E-state index in [0.717, 1.165) is 28.3 Å². The number of hydrogen-bond acceptors (Lipinski definition) is 5. The fourth-order valence-electron chi connectivity index (χ4n) is 2.82. The Labute approximate surface area is 150 Å². The summed E-state index contributed by atoms with van der Waals surface area (Å²) < 4.78 is 21.9. The van der Waals surface area contributed by atoms with Gasteiger partial charge in [-0.2, -0.15) is 0 Å². The highest BCUT2D eigenvalue weighted by Gasteiger charge is 2.14. The molecule has 0 saturated carbocycles. The minimum absolute atomic E-state index is 0.687. The Balaban J connectivity index is 1.91. The Hall–Kier alpha value is -3.47. The Morgan fingerprint density at radius 1 is 0.769 bits per heavy atom. The number of benzene rings is 1. The summed E-state index contributed by atoms with van der Waals surface area (Å²) in [5, 5.41) is 0. The van der Waals surface area contributed by atoms with Crippen LogP contribution in [0.25, 0.3) is 34.0 Å². The number of methoxy groups -OCH3 is 2. The maximum absolute atomic E-state index is 5.56. The van der Waals surface area contributed by atoms with Crippen molar-refractivity contribution in [3.8, 4) is 45.5 Å². The van der Waals surface area contributed by atoms with Crippen molar-refractivity contribution in [3.63, 3.8) is 0 Å². The van der Waals surface area contributed by atoms with Crippen molar-refractivity contribution < 1.29 is 18.3 Å². The number of pyridine rings is 1. The van der Waals surface area contributed by atoms with Crippen LogP contribution < -0.4 is 9.47 Å². The van der Waals surface area contributed by atoms with Crippen molar-refractivity contribution in [2.45, 2.75) is 0 Å². The second-order valence-corrected chi connectivity index (χ2v) is 5.65. The van der Waals surface area contributed by atoms with Crippen LogP contribution in [-0.4, -0.2) is 19.2 Å². The zero-order valence-electron chi connectivity index (χ0n) is 14.4. The number of hydrogen-bond donors (Lipinski definition) is 0.